The van der Waals surface area contributed by atoms with Gasteiger partial charge in [0.25, 0.3) is 0 Å². The molecule has 6 nitrogen and oxygen atoms in total. The number of benzene rings is 2. The van der Waals surface area contributed by atoms with Crippen LogP contribution in [0.1, 0.15) is 18.4 Å². The molecule has 1 heterocycles. The first-order valence-electron chi connectivity index (χ1n) is 9.17. The molecule has 1 aliphatic rings. The molecular weight excluding hydrogens is 344 g/mol. The summed E-state index contributed by atoms with van der Waals surface area (Å²) in [6.07, 6.45) is 1.49. The van der Waals surface area contributed by atoms with Crippen molar-refractivity contribution in [1.29, 1.82) is 0 Å². The van der Waals surface area contributed by atoms with Gasteiger partial charge < -0.3 is 14.9 Å². The number of fused-ring (bicyclic) bond motifs is 1. The van der Waals surface area contributed by atoms with Crippen LogP contribution in [-0.4, -0.2) is 59.4 Å². The van der Waals surface area contributed by atoms with Gasteiger partial charge in [0, 0.05) is 20.1 Å². The lowest BCUT2D eigenvalue weighted by Crippen LogP contribution is -2.47. The number of piperidine rings is 1. The predicted octanol–water partition coefficient (Wildman–Crippen LogP) is 2.16. The molecule has 2 aromatic carbocycles. The fraction of sp³-hybridized carbons (Fsp3) is 0.381. The summed E-state index contributed by atoms with van der Waals surface area (Å²) in [5.74, 6) is -1.71. The summed E-state index contributed by atoms with van der Waals surface area (Å²) in [5.41, 5.74) is 0.932. The molecule has 0 saturated carbocycles. The number of hydrogen-bond donors (Lipinski definition) is 1. The van der Waals surface area contributed by atoms with E-state index in [4.69, 9.17) is 5.11 Å². The van der Waals surface area contributed by atoms with Gasteiger partial charge >= 0.3 is 5.97 Å². The van der Waals surface area contributed by atoms with Crippen LogP contribution in [-0.2, 0) is 20.8 Å². The van der Waals surface area contributed by atoms with Crippen LogP contribution >= 0.6 is 0 Å². The first-order valence-corrected chi connectivity index (χ1v) is 9.17. The molecule has 0 radical (unpaired) electrons. The van der Waals surface area contributed by atoms with E-state index in [1.165, 1.54) is 4.90 Å². The van der Waals surface area contributed by atoms with Gasteiger partial charge in [-0.1, -0.05) is 42.5 Å². The van der Waals surface area contributed by atoms with Crippen LogP contribution in [0.2, 0.25) is 0 Å². The molecule has 2 aromatic rings. The molecule has 1 unspecified atom stereocenters. The van der Waals surface area contributed by atoms with Crippen molar-refractivity contribution in [1.82, 2.24) is 9.80 Å². The normalized spacial score (nSPS) is 16.9. The Hall–Kier alpha value is -2.89. The summed E-state index contributed by atoms with van der Waals surface area (Å²) >= 11 is 0. The molecule has 27 heavy (non-hydrogen) atoms. The number of likely N-dealkylation sites (N-methyl/N-ethyl adjacent to an activating group) is 1. The Labute approximate surface area is 158 Å². The maximum atomic E-state index is 12.6. The van der Waals surface area contributed by atoms with Crippen molar-refractivity contribution in [2.24, 2.45) is 5.92 Å². The number of carboxylic acid groups (broad SMARTS) is 1. The Morgan fingerprint density at radius 1 is 1.15 bits per heavy atom. The fourth-order valence-electron chi connectivity index (χ4n) is 3.54. The minimum atomic E-state index is -0.868. The van der Waals surface area contributed by atoms with Gasteiger partial charge in [0.1, 0.15) is 0 Å². The van der Waals surface area contributed by atoms with E-state index in [0.717, 1.165) is 16.3 Å². The van der Waals surface area contributed by atoms with Gasteiger partial charge in [-0.15, -0.1) is 0 Å². The van der Waals surface area contributed by atoms with E-state index in [2.05, 4.69) is 0 Å². The predicted molar refractivity (Wildman–Crippen MR) is 102 cm³/mol. The molecule has 2 amide bonds. The second kappa shape index (κ2) is 8.20. The van der Waals surface area contributed by atoms with Crippen LogP contribution in [0.4, 0.5) is 0 Å². The Morgan fingerprint density at radius 2 is 1.89 bits per heavy atom. The number of carbonyl (C=O) groups excluding carboxylic acids is 2. The minimum Gasteiger partial charge on any atom is -0.481 e. The Bertz CT molecular complexity index is 859. The smallest absolute Gasteiger partial charge is 0.308 e. The van der Waals surface area contributed by atoms with Crippen molar-refractivity contribution >= 4 is 28.6 Å². The average Bonchev–Trinajstić information content (AvgIpc) is 2.68. The second-order valence-corrected chi connectivity index (χ2v) is 7.08. The van der Waals surface area contributed by atoms with Gasteiger partial charge in [-0.25, -0.2) is 0 Å². The zero-order valence-electron chi connectivity index (χ0n) is 15.4. The molecule has 3 rings (SSSR count). The van der Waals surface area contributed by atoms with E-state index in [1.54, 1.807) is 11.9 Å². The van der Waals surface area contributed by atoms with Gasteiger partial charge in [-0.2, -0.15) is 0 Å². The van der Waals surface area contributed by atoms with Crippen molar-refractivity contribution < 1.29 is 19.5 Å². The van der Waals surface area contributed by atoms with Crippen LogP contribution in [0.15, 0.2) is 42.5 Å². The molecule has 6 heteroatoms. The van der Waals surface area contributed by atoms with Gasteiger partial charge in [0.05, 0.1) is 18.9 Å². The lowest BCUT2D eigenvalue weighted by molar-refractivity contribution is -0.147. The van der Waals surface area contributed by atoms with Crippen molar-refractivity contribution in [2.45, 2.75) is 19.3 Å². The van der Waals surface area contributed by atoms with Crippen molar-refractivity contribution in [3.05, 3.63) is 48.0 Å². The van der Waals surface area contributed by atoms with E-state index in [-0.39, 0.29) is 31.3 Å². The standard InChI is InChI=1S/C21H24N2O4/c1-22(14-20(25)23-11-5-9-17(13-23)21(26)27)19(24)12-16-8-4-7-15-6-2-3-10-18(15)16/h2-4,6-8,10,17H,5,9,11-14H2,1H3,(H,26,27). The van der Waals surface area contributed by atoms with Crippen LogP contribution in [0.3, 0.4) is 0 Å². The summed E-state index contributed by atoms with van der Waals surface area (Å²) in [6.45, 7) is 0.740. The SMILES string of the molecule is CN(CC(=O)N1CCCC(C(=O)O)C1)C(=O)Cc1cccc2ccccc12. The highest BCUT2D eigenvalue weighted by Gasteiger charge is 2.29. The maximum absolute atomic E-state index is 12.6. The monoisotopic (exact) mass is 368 g/mol. The van der Waals surface area contributed by atoms with Crippen molar-refractivity contribution in [3.63, 3.8) is 0 Å². The number of carbonyl (C=O) groups is 3. The highest BCUT2D eigenvalue weighted by atomic mass is 16.4. The van der Waals surface area contributed by atoms with E-state index in [0.29, 0.717) is 19.4 Å². The lowest BCUT2D eigenvalue weighted by atomic mass is 9.98. The van der Waals surface area contributed by atoms with Crippen LogP contribution in [0, 0.1) is 5.92 Å². The number of rotatable bonds is 5. The molecule has 1 saturated heterocycles. The first kappa shape index (κ1) is 18.9. The zero-order valence-corrected chi connectivity index (χ0v) is 15.4. The number of aliphatic carboxylic acids is 1. The number of likely N-dealkylation sites (tertiary alicyclic amines) is 1. The second-order valence-electron chi connectivity index (χ2n) is 7.08. The van der Waals surface area contributed by atoms with Gasteiger partial charge in [-0.3, -0.25) is 14.4 Å². The molecular formula is C21H24N2O4. The molecule has 1 aliphatic heterocycles. The van der Waals surface area contributed by atoms with Crippen molar-refractivity contribution in [3.8, 4) is 0 Å². The third-order valence-corrected chi connectivity index (χ3v) is 5.14. The minimum absolute atomic E-state index is 0.0318. The highest BCUT2D eigenvalue weighted by molar-refractivity contribution is 5.91. The molecule has 0 bridgehead atoms. The topological polar surface area (TPSA) is 77.9 Å². The van der Waals surface area contributed by atoms with E-state index in [1.807, 2.05) is 42.5 Å². The van der Waals surface area contributed by atoms with E-state index < -0.39 is 11.9 Å². The maximum Gasteiger partial charge on any atom is 0.308 e. The Morgan fingerprint density at radius 3 is 2.67 bits per heavy atom. The van der Waals surface area contributed by atoms with Gasteiger partial charge in [-0.05, 0) is 29.2 Å². The van der Waals surface area contributed by atoms with Crippen molar-refractivity contribution in [2.75, 3.05) is 26.7 Å². The quantitative estimate of drug-likeness (QED) is 0.877. The molecule has 1 N–H and O–H groups in total. The summed E-state index contributed by atoms with van der Waals surface area (Å²) in [6, 6.07) is 13.8. The lowest BCUT2D eigenvalue weighted by Gasteiger charge is -2.32. The fourth-order valence-corrected chi connectivity index (χ4v) is 3.54. The molecule has 0 spiro atoms. The van der Waals surface area contributed by atoms with E-state index in [9.17, 15) is 14.4 Å². The molecule has 0 aromatic heterocycles. The Balaban J connectivity index is 1.62. The number of hydrogen-bond acceptors (Lipinski definition) is 3. The third-order valence-electron chi connectivity index (χ3n) is 5.14. The zero-order chi connectivity index (χ0) is 19.4. The van der Waals surface area contributed by atoms with E-state index >= 15 is 0 Å². The summed E-state index contributed by atoms with van der Waals surface area (Å²) in [5, 5.41) is 11.3. The molecule has 1 atom stereocenters. The molecule has 142 valence electrons. The largest absolute Gasteiger partial charge is 0.481 e. The van der Waals surface area contributed by atoms with Gasteiger partial charge in [0.15, 0.2) is 0 Å². The summed E-state index contributed by atoms with van der Waals surface area (Å²) in [7, 11) is 1.62. The number of carboxylic acids is 1. The summed E-state index contributed by atoms with van der Waals surface area (Å²) in [4.78, 5) is 39.2. The molecule has 1 fully saturated rings. The van der Waals surface area contributed by atoms with Crippen LogP contribution < -0.4 is 0 Å². The average molecular weight is 368 g/mol. The molecule has 0 aliphatic carbocycles. The number of amides is 2. The summed E-state index contributed by atoms with van der Waals surface area (Å²) < 4.78 is 0. The first-order chi connectivity index (χ1) is 13.0. The van der Waals surface area contributed by atoms with Crippen LogP contribution in [0.25, 0.3) is 10.8 Å². The number of nitrogens with zero attached hydrogens (tertiary/aromatic N) is 2. The van der Waals surface area contributed by atoms with Crippen LogP contribution in [0.5, 0.6) is 0 Å². The van der Waals surface area contributed by atoms with Gasteiger partial charge in [0.2, 0.25) is 11.8 Å². The Kier molecular flexibility index (Phi) is 5.74. The third kappa shape index (κ3) is 4.45. The highest BCUT2D eigenvalue weighted by Crippen LogP contribution is 2.20.